The van der Waals surface area contributed by atoms with Gasteiger partial charge < -0.3 is 0 Å². The molecule has 5 heteroatoms. The highest BCUT2D eigenvalue weighted by Crippen LogP contribution is 2.16. The van der Waals surface area contributed by atoms with Gasteiger partial charge in [-0.3, -0.25) is 0 Å². The van der Waals surface area contributed by atoms with Crippen LogP contribution in [0.2, 0.25) is 5.15 Å². The second kappa shape index (κ2) is 4.29. The highest BCUT2D eigenvalue weighted by Gasteiger charge is 2.03. The Morgan fingerprint density at radius 2 is 2.50 bits per heavy atom. The third kappa shape index (κ3) is 2.10. The molecule has 0 spiro atoms. The Bertz CT molecular complexity index is 321. The van der Waals surface area contributed by atoms with Crippen LogP contribution in [-0.2, 0) is 0 Å². The van der Waals surface area contributed by atoms with E-state index in [9.17, 15) is 0 Å². The number of rotatable bonds is 2. The number of nitriles is 1. The maximum absolute atomic E-state index is 8.52. The first-order chi connectivity index (χ1) is 5.77. The van der Waals surface area contributed by atoms with Gasteiger partial charge in [-0.2, -0.15) is 5.26 Å². The normalized spacial score (nSPS) is 9.42. The minimum Gasteiger partial charge on any atom is -0.230 e. The van der Waals surface area contributed by atoms with Gasteiger partial charge in [0.2, 0.25) is 0 Å². The predicted molar refractivity (Wildman–Crippen MR) is 48.2 cm³/mol. The first kappa shape index (κ1) is 9.30. The summed E-state index contributed by atoms with van der Waals surface area (Å²) in [6.45, 7) is 2.00. The largest absolute Gasteiger partial charge is 0.230 e. The average Bonchev–Trinajstić information content (AvgIpc) is 2.05. The van der Waals surface area contributed by atoms with Gasteiger partial charge in [0.25, 0.3) is 0 Å². The van der Waals surface area contributed by atoms with Crippen molar-refractivity contribution in [3.63, 3.8) is 0 Å². The first-order valence-corrected chi connectivity index (χ1v) is 4.69. The third-order valence-electron chi connectivity index (χ3n) is 1.11. The van der Waals surface area contributed by atoms with Gasteiger partial charge in [-0.1, -0.05) is 30.3 Å². The summed E-state index contributed by atoms with van der Waals surface area (Å²) in [6, 6.07) is 1.90. The van der Waals surface area contributed by atoms with E-state index in [2.05, 4.69) is 9.97 Å². The summed E-state index contributed by atoms with van der Waals surface area (Å²) in [7, 11) is 0. The first-order valence-electron chi connectivity index (χ1n) is 3.33. The summed E-state index contributed by atoms with van der Waals surface area (Å²) in [6.07, 6.45) is 1.44. The van der Waals surface area contributed by atoms with Gasteiger partial charge in [-0.05, 0) is 5.75 Å². The molecule has 0 amide bonds. The molecule has 1 aromatic heterocycles. The summed E-state index contributed by atoms with van der Waals surface area (Å²) in [5.41, 5.74) is 0.317. The number of halogens is 1. The molecule has 0 aliphatic rings. The van der Waals surface area contributed by atoms with E-state index in [-0.39, 0.29) is 5.15 Å². The van der Waals surface area contributed by atoms with Crippen LogP contribution in [0.1, 0.15) is 12.5 Å². The summed E-state index contributed by atoms with van der Waals surface area (Å²) >= 11 is 7.17. The van der Waals surface area contributed by atoms with Gasteiger partial charge in [-0.15, -0.1) is 0 Å². The SMILES string of the molecule is CCSc1ncc(C#N)c(Cl)n1. The number of hydrogen-bond acceptors (Lipinski definition) is 4. The van der Waals surface area contributed by atoms with Crippen molar-refractivity contribution in [2.75, 3.05) is 5.75 Å². The number of thioether (sulfide) groups is 1. The molecule has 12 heavy (non-hydrogen) atoms. The van der Waals surface area contributed by atoms with E-state index in [1.807, 2.05) is 13.0 Å². The molecule has 0 atom stereocenters. The topological polar surface area (TPSA) is 49.6 Å². The number of aromatic nitrogens is 2. The number of hydrogen-bond donors (Lipinski definition) is 0. The molecule has 1 rings (SSSR count). The second-order valence-corrected chi connectivity index (χ2v) is 3.49. The number of nitrogens with zero attached hydrogens (tertiary/aromatic N) is 3. The zero-order chi connectivity index (χ0) is 8.97. The van der Waals surface area contributed by atoms with Crippen molar-refractivity contribution in [1.29, 1.82) is 5.26 Å². The van der Waals surface area contributed by atoms with Crippen molar-refractivity contribution >= 4 is 23.4 Å². The van der Waals surface area contributed by atoms with Crippen LogP contribution in [0.25, 0.3) is 0 Å². The van der Waals surface area contributed by atoms with Crippen LogP contribution >= 0.6 is 23.4 Å². The standard InChI is InChI=1S/C7H6ClN3S/c1-2-12-7-10-4-5(3-9)6(8)11-7/h4H,2H2,1H3. The van der Waals surface area contributed by atoms with E-state index in [1.165, 1.54) is 18.0 Å². The van der Waals surface area contributed by atoms with E-state index in [0.717, 1.165) is 5.75 Å². The Balaban J connectivity index is 2.96. The van der Waals surface area contributed by atoms with Crippen LogP contribution in [0.3, 0.4) is 0 Å². The van der Waals surface area contributed by atoms with Gasteiger partial charge in [0.15, 0.2) is 10.3 Å². The van der Waals surface area contributed by atoms with Crippen molar-refractivity contribution < 1.29 is 0 Å². The maximum Gasteiger partial charge on any atom is 0.189 e. The molecular formula is C7H6ClN3S. The molecule has 0 radical (unpaired) electrons. The van der Waals surface area contributed by atoms with Crippen LogP contribution < -0.4 is 0 Å². The van der Waals surface area contributed by atoms with E-state index >= 15 is 0 Å². The van der Waals surface area contributed by atoms with Crippen LogP contribution in [0.5, 0.6) is 0 Å². The van der Waals surface area contributed by atoms with Gasteiger partial charge in [0.05, 0.1) is 6.20 Å². The third-order valence-corrected chi connectivity index (χ3v) is 2.15. The maximum atomic E-state index is 8.52. The van der Waals surface area contributed by atoms with E-state index in [0.29, 0.717) is 10.7 Å². The highest BCUT2D eigenvalue weighted by molar-refractivity contribution is 7.99. The zero-order valence-corrected chi connectivity index (χ0v) is 7.98. The zero-order valence-electron chi connectivity index (χ0n) is 6.41. The smallest absolute Gasteiger partial charge is 0.189 e. The van der Waals surface area contributed by atoms with Gasteiger partial charge >= 0.3 is 0 Å². The van der Waals surface area contributed by atoms with Crippen molar-refractivity contribution in [2.24, 2.45) is 0 Å². The molecule has 0 bridgehead atoms. The quantitative estimate of drug-likeness (QED) is 0.416. The Labute approximate surface area is 79.8 Å². The highest BCUT2D eigenvalue weighted by atomic mass is 35.5. The summed E-state index contributed by atoms with van der Waals surface area (Å²) in [4.78, 5) is 7.87. The van der Waals surface area contributed by atoms with E-state index in [4.69, 9.17) is 16.9 Å². The Morgan fingerprint density at radius 3 is 3.00 bits per heavy atom. The fraction of sp³-hybridized carbons (Fsp3) is 0.286. The van der Waals surface area contributed by atoms with Crippen LogP contribution in [0.4, 0.5) is 0 Å². The minimum atomic E-state index is 0.225. The van der Waals surface area contributed by atoms with Crippen molar-refractivity contribution in [2.45, 2.75) is 12.1 Å². The fourth-order valence-electron chi connectivity index (χ4n) is 0.620. The molecule has 62 valence electrons. The van der Waals surface area contributed by atoms with Crippen LogP contribution in [0, 0.1) is 11.3 Å². The lowest BCUT2D eigenvalue weighted by Gasteiger charge is -1.97. The molecule has 3 nitrogen and oxygen atoms in total. The molecule has 0 unspecified atom stereocenters. The van der Waals surface area contributed by atoms with Gasteiger partial charge in [0, 0.05) is 0 Å². The molecule has 1 aromatic rings. The fourth-order valence-corrected chi connectivity index (χ4v) is 1.38. The molecular weight excluding hydrogens is 194 g/mol. The molecule has 0 aromatic carbocycles. The Hall–Kier alpha value is -0.790. The molecule has 0 aliphatic heterocycles. The van der Waals surface area contributed by atoms with E-state index < -0.39 is 0 Å². The summed E-state index contributed by atoms with van der Waals surface area (Å²) < 4.78 is 0. The van der Waals surface area contributed by atoms with Crippen molar-refractivity contribution in [3.05, 3.63) is 16.9 Å². The molecule has 1 heterocycles. The van der Waals surface area contributed by atoms with E-state index in [1.54, 1.807) is 0 Å². The summed E-state index contributed by atoms with van der Waals surface area (Å²) in [5, 5.41) is 9.36. The van der Waals surface area contributed by atoms with Crippen LogP contribution in [0.15, 0.2) is 11.4 Å². The molecule has 0 N–H and O–H groups in total. The lowest BCUT2D eigenvalue weighted by atomic mass is 10.4. The van der Waals surface area contributed by atoms with Crippen molar-refractivity contribution in [1.82, 2.24) is 9.97 Å². The lowest BCUT2D eigenvalue weighted by Crippen LogP contribution is -1.90. The Morgan fingerprint density at radius 1 is 1.75 bits per heavy atom. The molecule has 0 fully saturated rings. The summed E-state index contributed by atoms with van der Waals surface area (Å²) in [5.74, 6) is 0.891. The molecule has 0 aliphatic carbocycles. The molecule has 0 saturated heterocycles. The monoisotopic (exact) mass is 199 g/mol. The molecule has 0 saturated carbocycles. The second-order valence-electron chi connectivity index (χ2n) is 1.90. The predicted octanol–water partition coefficient (Wildman–Crippen LogP) is 2.11. The van der Waals surface area contributed by atoms with Gasteiger partial charge in [0.1, 0.15) is 11.6 Å². The lowest BCUT2D eigenvalue weighted by molar-refractivity contribution is 0.961. The Kier molecular flexibility index (Phi) is 3.32. The average molecular weight is 200 g/mol. The van der Waals surface area contributed by atoms with Crippen LogP contribution in [-0.4, -0.2) is 15.7 Å². The minimum absolute atomic E-state index is 0.225. The van der Waals surface area contributed by atoms with Crippen molar-refractivity contribution in [3.8, 4) is 6.07 Å². The van der Waals surface area contributed by atoms with Gasteiger partial charge in [-0.25, -0.2) is 9.97 Å².